The van der Waals surface area contributed by atoms with Gasteiger partial charge in [0.1, 0.15) is 30.4 Å². The van der Waals surface area contributed by atoms with Crippen LogP contribution < -0.4 is 10.3 Å². The number of hydrogen-bond acceptors (Lipinski definition) is 5. The number of rotatable bonds is 8. The van der Waals surface area contributed by atoms with E-state index < -0.39 is 15.5 Å². The summed E-state index contributed by atoms with van der Waals surface area (Å²) in [4.78, 5) is 13.2. The zero-order valence-electron chi connectivity index (χ0n) is 21.0. The van der Waals surface area contributed by atoms with Crippen molar-refractivity contribution >= 4 is 16.0 Å². The lowest BCUT2D eigenvalue weighted by atomic mass is 9.64. The number of methoxy groups -OCH3 is 1. The molecule has 1 aliphatic rings. The number of carbonyl (C=O) groups is 1. The lowest BCUT2D eigenvalue weighted by Crippen LogP contribution is -2.47. The van der Waals surface area contributed by atoms with E-state index in [0.717, 1.165) is 36.9 Å². The largest absolute Gasteiger partial charge is 0.748 e. The zero-order valence-corrected chi connectivity index (χ0v) is 21.9. The second-order valence-corrected chi connectivity index (χ2v) is 10.6. The number of hydrogen-bond donors (Lipinski definition) is 1. The Bertz CT molecular complexity index is 1200. The van der Waals surface area contributed by atoms with Gasteiger partial charge in [-0.25, -0.2) is 17.6 Å². The van der Waals surface area contributed by atoms with E-state index in [1.165, 1.54) is 5.82 Å². The molecule has 8 nitrogen and oxygen atoms in total. The van der Waals surface area contributed by atoms with Gasteiger partial charge in [0.2, 0.25) is 5.91 Å². The molecule has 0 radical (unpaired) electrons. The van der Waals surface area contributed by atoms with Crippen molar-refractivity contribution in [1.82, 2.24) is 4.57 Å². The van der Waals surface area contributed by atoms with Crippen LogP contribution in [0.25, 0.3) is 0 Å². The molecule has 0 aliphatic heterocycles. The molecule has 1 heterocycles. The van der Waals surface area contributed by atoms with E-state index >= 15 is 0 Å². The topological polar surface area (TPSA) is 118 Å². The van der Waals surface area contributed by atoms with Gasteiger partial charge in [-0.05, 0) is 36.3 Å². The summed E-state index contributed by atoms with van der Waals surface area (Å²) in [6.45, 7) is 3.68. The predicted molar refractivity (Wildman–Crippen MR) is 136 cm³/mol. The number of amides is 1. The van der Waals surface area contributed by atoms with Gasteiger partial charge in [-0.1, -0.05) is 60.7 Å². The van der Waals surface area contributed by atoms with Crippen molar-refractivity contribution in [2.45, 2.75) is 44.2 Å². The summed E-state index contributed by atoms with van der Waals surface area (Å²) in [5.41, 5.74) is 7.37. The smallest absolute Gasteiger partial charge is 0.253 e. The molecule has 1 amide bonds. The average Bonchev–Trinajstić information content (AvgIpc) is 3.45. The molecule has 1 aromatic heterocycles. The molecule has 194 valence electrons. The van der Waals surface area contributed by atoms with Gasteiger partial charge in [-0.2, -0.15) is 0 Å². The van der Waals surface area contributed by atoms with Crippen LogP contribution in [-0.4, -0.2) is 43.4 Å². The van der Waals surface area contributed by atoms with E-state index in [9.17, 15) is 4.79 Å². The monoisotopic (exact) mass is 513 g/mol. The lowest BCUT2D eigenvalue weighted by molar-refractivity contribution is -0.703. The van der Waals surface area contributed by atoms with E-state index in [-0.39, 0.29) is 11.8 Å². The SMILES string of the molecule is COCC[n+]1ccn([C@H]2CC[C@@H](C(C(N)=O)(c3ccccc3)c3ccccc3)C2)c1C.CS(=O)(=O)[O-]. The van der Waals surface area contributed by atoms with Gasteiger partial charge in [-0.15, -0.1) is 0 Å². The Morgan fingerprint density at radius 3 is 2.11 bits per heavy atom. The van der Waals surface area contributed by atoms with Crippen LogP contribution in [0, 0.1) is 12.8 Å². The minimum absolute atomic E-state index is 0.133. The Morgan fingerprint density at radius 1 is 1.11 bits per heavy atom. The van der Waals surface area contributed by atoms with Gasteiger partial charge in [0.25, 0.3) is 5.82 Å². The van der Waals surface area contributed by atoms with E-state index in [4.69, 9.17) is 23.4 Å². The van der Waals surface area contributed by atoms with Gasteiger partial charge in [0.05, 0.1) is 16.7 Å². The van der Waals surface area contributed by atoms with Crippen molar-refractivity contribution in [3.05, 3.63) is 90.0 Å². The van der Waals surface area contributed by atoms with Crippen LogP contribution in [0.4, 0.5) is 0 Å². The van der Waals surface area contributed by atoms with Crippen molar-refractivity contribution in [2.24, 2.45) is 11.7 Å². The Kier molecular flexibility index (Phi) is 9.05. The van der Waals surface area contributed by atoms with Crippen molar-refractivity contribution in [3.63, 3.8) is 0 Å². The highest BCUT2D eigenvalue weighted by Crippen LogP contribution is 2.49. The van der Waals surface area contributed by atoms with Crippen LogP contribution >= 0.6 is 0 Å². The third kappa shape index (κ3) is 6.21. The molecule has 36 heavy (non-hydrogen) atoms. The molecule has 2 atom stereocenters. The molecule has 0 saturated heterocycles. The van der Waals surface area contributed by atoms with E-state index in [1.54, 1.807) is 7.11 Å². The van der Waals surface area contributed by atoms with Crippen LogP contribution in [0.5, 0.6) is 0 Å². The average molecular weight is 514 g/mol. The summed E-state index contributed by atoms with van der Waals surface area (Å²) in [6, 6.07) is 20.5. The normalized spacial score (nSPS) is 17.9. The minimum atomic E-state index is -3.92. The molecule has 2 aromatic carbocycles. The zero-order chi connectivity index (χ0) is 26.3. The molecule has 1 saturated carbocycles. The van der Waals surface area contributed by atoms with Crippen molar-refractivity contribution in [3.8, 4) is 0 Å². The molecule has 1 aliphatic carbocycles. The van der Waals surface area contributed by atoms with E-state index in [1.807, 2.05) is 60.7 Å². The number of ether oxygens (including phenoxy) is 1. The first kappa shape index (κ1) is 27.6. The summed E-state index contributed by atoms with van der Waals surface area (Å²) >= 11 is 0. The first-order chi connectivity index (χ1) is 17.1. The number of nitrogens with zero attached hydrogens (tertiary/aromatic N) is 2. The third-order valence-corrected chi connectivity index (χ3v) is 6.99. The maximum absolute atomic E-state index is 13.2. The fourth-order valence-corrected chi connectivity index (χ4v) is 5.46. The molecular weight excluding hydrogens is 478 g/mol. The highest BCUT2D eigenvalue weighted by Gasteiger charge is 2.51. The fraction of sp³-hybridized carbons (Fsp3) is 0.407. The standard InChI is InChI=1S/C26H31N3O2.CH4O3S/c1-20-28(17-18-31-2)15-16-29(20)24-14-13-23(19-24)26(25(27)30,21-9-5-3-6-10-21)22-11-7-4-8-12-22;1-5(2,3)4/h3-12,15-16,23-24H,13-14,17-19H2,1-2H3,(H-,27,30);1H3,(H,2,3,4)/t23-,24+;/m1./s1. The number of carbonyl (C=O) groups excluding carboxylic acids is 1. The molecule has 0 bridgehead atoms. The van der Waals surface area contributed by atoms with Crippen LogP contribution in [0.3, 0.4) is 0 Å². The van der Waals surface area contributed by atoms with Crippen molar-refractivity contribution < 1.29 is 27.1 Å². The molecule has 2 N–H and O–H groups in total. The van der Waals surface area contributed by atoms with Gasteiger partial charge >= 0.3 is 0 Å². The number of nitrogens with two attached hydrogens (primary N) is 1. The fourth-order valence-electron chi connectivity index (χ4n) is 5.46. The summed E-state index contributed by atoms with van der Waals surface area (Å²) in [6.07, 6.45) is 7.78. The lowest BCUT2D eigenvalue weighted by Gasteiger charge is -2.37. The van der Waals surface area contributed by atoms with Gasteiger partial charge in [-0.3, -0.25) is 4.79 Å². The Morgan fingerprint density at radius 2 is 1.64 bits per heavy atom. The maximum Gasteiger partial charge on any atom is 0.253 e. The van der Waals surface area contributed by atoms with E-state index in [0.29, 0.717) is 18.9 Å². The number of primary amides is 1. The quantitative estimate of drug-likeness (QED) is 0.367. The first-order valence-corrected chi connectivity index (χ1v) is 13.8. The van der Waals surface area contributed by atoms with Crippen LogP contribution in [0.2, 0.25) is 0 Å². The summed E-state index contributed by atoms with van der Waals surface area (Å²) in [5.74, 6) is 1.08. The second-order valence-electron chi connectivity index (χ2n) is 9.21. The van der Waals surface area contributed by atoms with Gasteiger partial charge < -0.3 is 15.0 Å². The summed E-state index contributed by atoms with van der Waals surface area (Å²) < 4.78 is 37.1. The maximum atomic E-state index is 13.2. The van der Waals surface area contributed by atoms with Crippen molar-refractivity contribution in [1.29, 1.82) is 0 Å². The number of aromatic nitrogens is 2. The van der Waals surface area contributed by atoms with Gasteiger partial charge in [0.15, 0.2) is 0 Å². The molecule has 1 fully saturated rings. The first-order valence-electron chi connectivity index (χ1n) is 12.0. The number of benzene rings is 2. The molecule has 9 heteroatoms. The molecule has 0 unspecified atom stereocenters. The summed E-state index contributed by atoms with van der Waals surface area (Å²) in [5, 5.41) is 0. The molecular formula is C27H35N3O5S. The van der Waals surface area contributed by atoms with Crippen LogP contribution in [0.1, 0.15) is 42.3 Å². The number of imidazole rings is 1. The van der Waals surface area contributed by atoms with Crippen LogP contribution in [-0.2, 0) is 31.6 Å². The molecule has 0 spiro atoms. The van der Waals surface area contributed by atoms with E-state index in [2.05, 4.69) is 28.5 Å². The van der Waals surface area contributed by atoms with Gasteiger partial charge in [0, 0.05) is 20.3 Å². The third-order valence-electron chi connectivity index (χ3n) is 6.99. The minimum Gasteiger partial charge on any atom is -0.748 e. The predicted octanol–water partition coefficient (Wildman–Crippen LogP) is 2.70. The summed E-state index contributed by atoms with van der Waals surface area (Å²) in [7, 11) is -2.19. The molecule has 3 aromatic rings. The Labute approximate surface area is 213 Å². The highest BCUT2D eigenvalue weighted by molar-refractivity contribution is 7.84. The highest BCUT2D eigenvalue weighted by atomic mass is 32.2. The Balaban J connectivity index is 0.000000658. The molecule has 4 rings (SSSR count). The van der Waals surface area contributed by atoms with Crippen molar-refractivity contribution in [2.75, 3.05) is 20.0 Å². The van der Waals surface area contributed by atoms with Crippen LogP contribution in [0.15, 0.2) is 73.1 Å². The Hall–Kier alpha value is -3.01. The second kappa shape index (κ2) is 11.8.